The molecule has 0 bridgehead atoms. The fourth-order valence-corrected chi connectivity index (χ4v) is 2.39. The van der Waals surface area contributed by atoms with Crippen molar-refractivity contribution in [1.82, 2.24) is 10.3 Å². The smallest absolute Gasteiger partial charge is 0.287 e. The molecule has 1 aromatic carbocycles. The summed E-state index contributed by atoms with van der Waals surface area (Å²) in [7, 11) is 0. The number of benzene rings is 1. The summed E-state index contributed by atoms with van der Waals surface area (Å²) in [5, 5.41) is 3.93. The van der Waals surface area contributed by atoms with Crippen LogP contribution in [-0.4, -0.2) is 10.9 Å². The Bertz CT molecular complexity index is 778. The number of rotatable bonds is 3. The molecule has 0 radical (unpaired) electrons. The quantitative estimate of drug-likeness (QED) is 0.797. The second-order valence-corrected chi connectivity index (χ2v) is 5.03. The van der Waals surface area contributed by atoms with Crippen molar-refractivity contribution in [2.75, 3.05) is 0 Å². The van der Waals surface area contributed by atoms with Crippen LogP contribution < -0.4 is 5.32 Å². The average molecular weight is 280 g/mol. The lowest BCUT2D eigenvalue weighted by atomic mass is 10.1. The molecular weight excluding hydrogens is 264 g/mol. The Labute approximate surface area is 122 Å². The Morgan fingerprint density at radius 1 is 1.19 bits per heavy atom. The number of fused-ring (bicyclic) bond motifs is 1. The number of pyridine rings is 1. The number of nitrogens with one attached hydrogen (secondary N) is 1. The zero-order chi connectivity index (χ0) is 14.8. The summed E-state index contributed by atoms with van der Waals surface area (Å²) in [5.41, 5.74) is 2.61. The summed E-state index contributed by atoms with van der Waals surface area (Å²) in [5.74, 6) is 0.171. The van der Waals surface area contributed by atoms with E-state index >= 15 is 0 Å². The Morgan fingerprint density at radius 3 is 2.62 bits per heavy atom. The molecule has 0 aliphatic heterocycles. The summed E-state index contributed by atoms with van der Waals surface area (Å²) in [6.07, 6.45) is 3.43. The van der Waals surface area contributed by atoms with E-state index in [0.717, 1.165) is 22.1 Å². The second kappa shape index (κ2) is 5.40. The summed E-state index contributed by atoms with van der Waals surface area (Å²) in [6, 6.07) is 11.3. The first kappa shape index (κ1) is 13.4. The SMILES string of the molecule is Cc1c(C(=O)N[C@H](C)c2ccncc2)oc2ccccc12. The molecule has 21 heavy (non-hydrogen) atoms. The van der Waals surface area contributed by atoms with Gasteiger partial charge in [-0.05, 0) is 37.6 Å². The molecule has 0 fully saturated rings. The van der Waals surface area contributed by atoms with E-state index in [-0.39, 0.29) is 11.9 Å². The Balaban J connectivity index is 1.86. The number of carbonyl (C=O) groups excluding carboxylic acids is 1. The molecule has 0 saturated heterocycles. The highest BCUT2D eigenvalue weighted by molar-refractivity contribution is 5.99. The van der Waals surface area contributed by atoms with E-state index in [1.807, 2.05) is 50.2 Å². The molecule has 1 atom stereocenters. The van der Waals surface area contributed by atoms with Gasteiger partial charge in [0.1, 0.15) is 5.58 Å². The van der Waals surface area contributed by atoms with Crippen molar-refractivity contribution in [3.8, 4) is 0 Å². The van der Waals surface area contributed by atoms with Gasteiger partial charge in [-0.1, -0.05) is 18.2 Å². The largest absolute Gasteiger partial charge is 0.451 e. The number of hydrogen-bond donors (Lipinski definition) is 1. The van der Waals surface area contributed by atoms with Crippen LogP contribution in [0.5, 0.6) is 0 Å². The van der Waals surface area contributed by atoms with Gasteiger partial charge in [0.2, 0.25) is 0 Å². The Morgan fingerprint density at radius 2 is 1.90 bits per heavy atom. The fourth-order valence-electron chi connectivity index (χ4n) is 2.39. The van der Waals surface area contributed by atoms with E-state index in [2.05, 4.69) is 10.3 Å². The lowest BCUT2D eigenvalue weighted by Crippen LogP contribution is -2.26. The molecule has 0 unspecified atom stereocenters. The average Bonchev–Trinajstić information content (AvgIpc) is 2.86. The van der Waals surface area contributed by atoms with Crippen molar-refractivity contribution >= 4 is 16.9 Å². The highest BCUT2D eigenvalue weighted by Gasteiger charge is 2.19. The third-order valence-electron chi connectivity index (χ3n) is 3.60. The maximum absolute atomic E-state index is 12.4. The van der Waals surface area contributed by atoms with Crippen molar-refractivity contribution in [1.29, 1.82) is 0 Å². The molecule has 2 aromatic heterocycles. The Kier molecular flexibility index (Phi) is 3.44. The third-order valence-corrected chi connectivity index (χ3v) is 3.60. The van der Waals surface area contributed by atoms with Crippen LogP contribution in [0.1, 0.15) is 34.6 Å². The van der Waals surface area contributed by atoms with Gasteiger partial charge in [-0.25, -0.2) is 0 Å². The number of hydrogen-bond acceptors (Lipinski definition) is 3. The van der Waals surface area contributed by atoms with Crippen molar-refractivity contribution in [3.63, 3.8) is 0 Å². The summed E-state index contributed by atoms with van der Waals surface area (Å²) >= 11 is 0. The van der Waals surface area contributed by atoms with Gasteiger partial charge >= 0.3 is 0 Å². The van der Waals surface area contributed by atoms with Crippen LogP contribution in [0.15, 0.2) is 53.2 Å². The highest BCUT2D eigenvalue weighted by Crippen LogP contribution is 2.25. The molecule has 3 aromatic rings. The van der Waals surface area contributed by atoms with Crippen molar-refractivity contribution in [2.24, 2.45) is 0 Å². The predicted octanol–water partition coefficient (Wildman–Crippen LogP) is 3.63. The van der Waals surface area contributed by atoms with Gasteiger partial charge in [0.05, 0.1) is 6.04 Å². The minimum Gasteiger partial charge on any atom is -0.451 e. The van der Waals surface area contributed by atoms with Gasteiger partial charge in [0, 0.05) is 23.3 Å². The van der Waals surface area contributed by atoms with Crippen LogP contribution >= 0.6 is 0 Å². The summed E-state index contributed by atoms with van der Waals surface area (Å²) in [6.45, 7) is 3.84. The first-order valence-corrected chi connectivity index (χ1v) is 6.85. The van der Waals surface area contributed by atoms with Crippen LogP contribution in [0, 0.1) is 6.92 Å². The third kappa shape index (κ3) is 2.52. The molecule has 4 heteroatoms. The fraction of sp³-hybridized carbons (Fsp3) is 0.176. The normalized spacial score (nSPS) is 12.3. The van der Waals surface area contributed by atoms with E-state index in [1.165, 1.54) is 0 Å². The van der Waals surface area contributed by atoms with Crippen LogP contribution in [0.25, 0.3) is 11.0 Å². The molecule has 0 spiro atoms. The molecule has 0 saturated carbocycles. The zero-order valence-electron chi connectivity index (χ0n) is 12.0. The summed E-state index contributed by atoms with van der Waals surface area (Å²) in [4.78, 5) is 16.4. The number of furan rings is 1. The van der Waals surface area contributed by atoms with E-state index in [0.29, 0.717) is 5.76 Å². The van der Waals surface area contributed by atoms with Crippen LogP contribution in [0.2, 0.25) is 0 Å². The molecule has 2 heterocycles. The molecule has 0 aliphatic carbocycles. The first-order valence-electron chi connectivity index (χ1n) is 6.85. The number of nitrogens with zero attached hydrogens (tertiary/aromatic N) is 1. The van der Waals surface area contributed by atoms with Gasteiger partial charge in [-0.15, -0.1) is 0 Å². The standard InChI is InChI=1S/C17H16N2O2/c1-11-14-5-3-4-6-15(14)21-16(11)17(20)19-12(2)13-7-9-18-10-8-13/h3-10,12H,1-2H3,(H,19,20)/t12-/m1/s1. The number of amides is 1. The van der Waals surface area contributed by atoms with E-state index in [4.69, 9.17) is 4.42 Å². The number of carbonyl (C=O) groups is 1. The van der Waals surface area contributed by atoms with E-state index in [1.54, 1.807) is 12.4 Å². The maximum Gasteiger partial charge on any atom is 0.287 e. The maximum atomic E-state index is 12.4. The number of aromatic nitrogens is 1. The van der Waals surface area contributed by atoms with Crippen LogP contribution in [0.4, 0.5) is 0 Å². The number of para-hydroxylation sites is 1. The van der Waals surface area contributed by atoms with Gasteiger partial charge in [-0.3, -0.25) is 9.78 Å². The first-order chi connectivity index (χ1) is 10.2. The highest BCUT2D eigenvalue weighted by atomic mass is 16.3. The topological polar surface area (TPSA) is 55.1 Å². The van der Waals surface area contributed by atoms with Gasteiger partial charge < -0.3 is 9.73 Å². The minimum atomic E-state index is -0.201. The molecule has 3 rings (SSSR count). The van der Waals surface area contributed by atoms with Gasteiger partial charge in [-0.2, -0.15) is 0 Å². The zero-order valence-corrected chi connectivity index (χ0v) is 12.0. The molecular formula is C17H16N2O2. The lowest BCUT2D eigenvalue weighted by molar-refractivity contribution is 0.0913. The molecule has 1 amide bonds. The molecule has 0 aliphatic rings. The Hall–Kier alpha value is -2.62. The van der Waals surface area contributed by atoms with E-state index < -0.39 is 0 Å². The molecule has 1 N–H and O–H groups in total. The molecule has 106 valence electrons. The monoisotopic (exact) mass is 280 g/mol. The van der Waals surface area contributed by atoms with Crippen LogP contribution in [-0.2, 0) is 0 Å². The number of aryl methyl sites for hydroxylation is 1. The van der Waals surface area contributed by atoms with Crippen molar-refractivity contribution in [2.45, 2.75) is 19.9 Å². The lowest BCUT2D eigenvalue weighted by Gasteiger charge is -2.13. The van der Waals surface area contributed by atoms with Crippen molar-refractivity contribution in [3.05, 3.63) is 65.7 Å². The van der Waals surface area contributed by atoms with E-state index in [9.17, 15) is 4.79 Å². The van der Waals surface area contributed by atoms with Gasteiger partial charge in [0.15, 0.2) is 5.76 Å². The van der Waals surface area contributed by atoms with Crippen LogP contribution in [0.3, 0.4) is 0 Å². The predicted molar refractivity (Wildman–Crippen MR) is 81.1 cm³/mol. The second-order valence-electron chi connectivity index (χ2n) is 5.03. The molecule has 4 nitrogen and oxygen atoms in total. The van der Waals surface area contributed by atoms with Crippen molar-refractivity contribution < 1.29 is 9.21 Å². The minimum absolute atomic E-state index is 0.104. The van der Waals surface area contributed by atoms with Gasteiger partial charge in [0.25, 0.3) is 5.91 Å². The summed E-state index contributed by atoms with van der Waals surface area (Å²) < 4.78 is 5.67.